The van der Waals surface area contributed by atoms with Crippen LogP contribution in [0.25, 0.3) is 0 Å². The SMILES string of the molecule is CC(C)C[C@H](CO)N1C(=O)[C@@H]2[C@@H](C(=O)NCc3ccccc3)[C@@]3(C)CCC2(O3)C1C(=O)NCCN1CCOCC1. The number of likely N-dealkylation sites (tertiary alicyclic amines) is 1. The Hall–Kier alpha value is -2.53. The molecule has 4 heterocycles. The van der Waals surface area contributed by atoms with Crippen molar-refractivity contribution < 1.29 is 29.0 Å². The van der Waals surface area contributed by atoms with Gasteiger partial charge in [0.1, 0.15) is 11.6 Å². The normalized spacial score (nSPS) is 32.4. The summed E-state index contributed by atoms with van der Waals surface area (Å²) in [4.78, 5) is 45.8. The maximum Gasteiger partial charge on any atom is 0.245 e. The van der Waals surface area contributed by atoms with Gasteiger partial charge < -0.3 is 30.1 Å². The van der Waals surface area contributed by atoms with Gasteiger partial charge in [-0.25, -0.2) is 0 Å². The number of carbonyl (C=O) groups is 3. The van der Waals surface area contributed by atoms with Gasteiger partial charge in [-0.1, -0.05) is 44.2 Å². The summed E-state index contributed by atoms with van der Waals surface area (Å²) < 4.78 is 12.1. The van der Waals surface area contributed by atoms with Crippen LogP contribution in [0.2, 0.25) is 0 Å². The predicted octanol–water partition coefficient (Wildman–Crippen LogP) is 0.923. The first-order valence-electron chi connectivity index (χ1n) is 14.7. The number of morpholine rings is 1. The van der Waals surface area contributed by atoms with E-state index < -0.39 is 35.1 Å². The number of ether oxygens (including phenoxy) is 2. The predicted molar refractivity (Wildman–Crippen MR) is 148 cm³/mol. The Labute approximate surface area is 236 Å². The Balaban J connectivity index is 1.40. The van der Waals surface area contributed by atoms with Gasteiger partial charge in [0, 0.05) is 32.7 Å². The maximum atomic E-state index is 14.3. The average molecular weight is 557 g/mol. The van der Waals surface area contributed by atoms with Crippen molar-refractivity contribution in [3.63, 3.8) is 0 Å². The van der Waals surface area contributed by atoms with Crippen LogP contribution in [0.15, 0.2) is 30.3 Å². The summed E-state index contributed by atoms with van der Waals surface area (Å²) in [5.74, 6) is -2.07. The van der Waals surface area contributed by atoms with E-state index in [1.54, 1.807) is 4.90 Å². The Morgan fingerprint density at radius 2 is 1.82 bits per heavy atom. The van der Waals surface area contributed by atoms with E-state index >= 15 is 0 Å². The first kappa shape index (κ1) is 29.0. The summed E-state index contributed by atoms with van der Waals surface area (Å²) in [5, 5.41) is 16.5. The minimum Gasteiger partial charge on any atom is -0.394 e. The fourth-order valence-electron chi connectivity index (χ4n) is 7.43. The van der Waals surface area contributed by atoms with E-state index in [0.717, 1.165) is 18.7 Å². The second kappa shape index (κ2) is 11.8. The lowest BCUT2D eigenvalue weighted by Crippen LogP contribution is -2.58. The van der Waals surface area contributed by atoms with E-state index in [1.165, 1.54) is 0 Å². The molecule has 220 valence electrons. The van der Waals surface area contributed by atoms with E-state index in [9.17, 15) is 19.5 Å². The van der Waals surface area contributed by atoms with E-state index in [4.69, 9.17) is 9.47 Å². The summed E-state index contributed by atoms with van der Waals surface area (Å²) in [7, 11) is 0. The molecule has 0 saturated carbocycles. The second-order valence-electron chi connectivity index (χ2n) is 12.4. The third kappa shape index (κ3) is 5.26. The summed E-state index contributed by atoms with van der Waals surface area (Å²) >= 11 is 0. The van der Waals surface area contributed by atoms with Crippen molar-refractivity contribution in [2.45, 2.75) is 69.9 Å². The van der Waals surface area contributed by atoms with Gasteiger partial charge in [0.2, 0.25) is 17.7 Å². The number of nitrogens with zero attached hydrogens (tertiary/aromatic N) is 2. The van der Waals surface area contributed by atoms with Crippen LogP contribution in [0.4, 0.5) is 0 Å². The van der Waals surface area contributed by atoms with Gasteiger partial charge in [-0.05, 0) is 37.7 Å². The molecule has 4 fully saturated rings. The molecule has 1 spiro atoms. The molecule has 4 aliphatic rings. The smallest absolute Gasteiger partial charge is 0.245 e. The lowest BCUT2D eigenvalue weighted by molar-refractivity contribution is -0.150. The third-order valence-corrected chi connectivity index (χ3v) is 9.23. The summed E-state index contributed by atoms with van der Waals surface area (Å²) in [5.41, 5.74) is -0.977. The van der Waals surface area contributed by atoms with Crippen molar-refractivity contribution in [2.75, 3.05) is 46.0 Å². The highest BCUT2D eigenvalue weighted by Crippen LogP contribution is 2.63. The number of benzene rings is 1. The highest BCUT2D eigenvalue weighted by molar-refractivity contribution is 5.99. The summed E-state index contributed by atoms with van der Waals surface area (Å²) in [6.07, 6.45) is 1.64. The van der Waals surface area contributed by atoms with E-state index in [-0.39, 0.29) is 30.2 Å². The topological polar surface area (TPSA) is 120 Å². The van der Waals surface area contributed by atoms with Crippen LogP contribution in [0.5, 0.6) is 0 Å². The molecule has 10 nitrogen and oxygen atoms in total. The Kier molecular flexibility index (Phi) is 8.52. The molecule has 6 atom stereocenters. The molecule has 2 bridgehead atoms. The Bertz CT molecular complexity index is 1080. The molecule has 0 aliphatic carbocycles. The Morgan fingerprint density at radius 1 is 1.10 bits per heavy atom. The molecule has 4 aliphatic heterocycles. The largest absolute Gasteiger partial charge is 0.394 e. The van der Waals surface area contributed by atoms with E-state index in [0.29, 0.717) is 52.1 Å². The number of amides is 3. The number of hydrogen-bond acceptors (Lipinski definition) is 7. The van der Waals surface area contributed by atoms with Crippen molar-refractivity contribution >= 4 is 17.7 Å². The molecule has 4 saturated heterocycles. The summed E-state index contributed by atoms with van der Waals surface area (Å²) in [6.45, 7) is 10.2. The lowest BCUT2D eigenvalue weighted by Gasteiger charge is -2.37. The summed E-state index contributed by atoms with van der Waals surface area (Å²) in [6, 6.07) is 8.21. The minimum absolute atomic E-state index is 0.202. The number of rotatable bonds is 11. The zero-order valence-electron chi connectivity index (χ0n) is 23.9. The van der Waals surface area contributed by atoms with Crippen molar-refractivity contribution in [2.24, 2.45) is 17.8 Å². The molecule has 5 rings (SSSR count). The lowest BCUT2D eigenvalue weighted by atomic mass is 9.66. The maximum absolute atomic E-state index is 14.3. The third-order valence-electron chi connectivity index (χ3n) is 9.23. The van der Waals surface area contributed by atoms with Crippen LogP contribution in [0.1, 0.15) is 45.6 Å². The number of fused-ring (bicyclic) bond motifs is 1. The second-order valence-corrected chi connectivity index (χ2v) is 12.4. The highest BCUT2D eigenvalue weighted by Gasteiger charge is 2.78. The van der Waals surface area contributed by atoms with E-state index in [2.05, 4.69) is 15.5 Å². The van der Waals surface area contributed by atoms with Gasteiger partial charge in [0.15, 0.2) is 0 Å². The molecular formula is C30H44N4O6. The quantitative estimate of drug-likeness (QED) is 0.371. The molecule has 3 amide bonds. The molecule has 3 N–H and O–H groups in total. The van der Waals surface area contributed by atoms with Crippen molar-refractivity contribution in [1.82, 2.24) is 20.4 Å². The average Bonchev–Trinajstić information content (AvgIpc) is 3.52. The molecule has 0 aromatic heterocycles. The Morgan fingerprint density at radius 3 is 2.50 bits per heavy atom. The number of aliphatic hydroxyl groups is 1. The standard InChI is InChI=1S/C30H44N4O6/c1-20(2)17-22(19-35)34-25(27(37)31-11-12-33-13-15-39-16-14-33)30-10-9-29(3,40-30)23(24(30)28(34)38)26(36)32-18-21-7-5-4-6-8-21/h4-8,20,22-25,35H,9-19H2,1-3H3,(H,31,37)(H,32,36)/t22-,23+,24+,25?,29-,30?/m1/s1. The minimum atomic E-state index is -1.10. The van der Waals surface area contributed by atoms with Crippen LogP contribution >= 0.6 is 0 Å². The van der Waals surface area contributed by atoms with Crippen molar-refractivity contribution in [3.05, 3.63) is 35.9 Å². The molecule has 1 aromatic carbocycles. The fourth-order valence-corrected chi connectivity index (χ4v) is 7.43. The molecule has 2 unspecified atom stereocenters. The van der Waals surface area contributed by atoms with E-state index in [1.807, 2.05) is 51.1 Å². The number of carbonyl (C=O) groups excluding carboxylic acids is 3. The molecule has 0 radical (unpaired) electrons. The van der Waals surface area contributed by atoms with Crippen molar-refractivity contribution in [1.29, 1.82) is 0 Å². The monoisotopic (exact) mass is 556 g/mol. The van der Waals surface area contributed by atoms with Gasteiger partial charge in [0.05, 0.1) is 43.3 Å². The van der Waals surface area contributed by atoms with Gasteiger partial charge in [-0.3, -0.25) is 19.3 Å². The van der Waals surface area contributed by atoms with Crippen LogP contribution < -0.4 is 10.6 Å². The van der Waals surface area contributed by atoms with Crippen LogP contribution in [-0.2, 0) is 30.4 Å². The van der Waals surface area contributed by atoms with Gasteiger partial charge in [-0.15, -0.1) is 0 Å². The first-order valence-corrected chi connectivity index (χ1v) is 14.7. The molecular weight excluding hydrogens is 512 g/mol. The first-order chi connectivity index (χ1) is 19.2. The van der Waals surface area contributed by atoms with Crippen LogP contribution in [0.3, 0.4) is 0 Å². The van der Waals surface area contributed by atoms with Gasteiger partial charge in [-0.2, -0.15) is 0 Å². The van der Waals surface area contributed by atoms with Crippen LogP contribution in [0, 0.1) is 17.8 Å². The van der Waals surface area contributed by atoms with Crippen molar-refractivity contribution in [3.8, 4) is 0 Å². The molecule has 1 aromatic rings. The highest BCUT2D eigenvalue weighted by atomic mass is 16.5. The molecule has 10 heteroatoms. The number of nitrogens with one attached hydrogen (secondary N) is 2. The number of hydrogen-bond donors (Lipinski definition) is 3. The number of aliphatic hydroxyl groups excluding tert-OH is 1. The van der Waals surface area contributed by atoms with Crippen LogP contribution in [-0.4, -0.2) is 102 Å². The van der Waals surface area contributed by atoms with Gasteiger partial charge >= 0.3 is 0 Å². The zero-order valence-corrected chi connectivity index (χ0v) is 23.9. The zero-order chi connectivity index (χ0) is 28.5. The molecule has 40 heavy (non-hydrogen) atoms. The fraction of sp³-hybridized carbons (Fsp3) is 0.700. The van der Waals surface area contributed by atoms with Gasteiger partial charge in [0.25, 0.3) is 0 Å².